The van der Waals surface area contributed by atoms with Gasteiger partial charge in [0.15, 0.2) is 5.96 Å². The van der Waals surface area contributed by atoms with Gasteiger partial charge < -0.3 is 20.5 Å². The average molecular weight is 434 g/mol. The fraction of sp³-hybridized carbons (Fsp3) is 0.625. The monoisotopic (exact) mass is 434 g/mol. The molecule has 1 saturated carbocycles. The molecule has 1 unspecified atom stereocenters. The Labute approximate surface area is 155 Å². The van der Waals surface area contributed by atoms with Gasteiger partial charge in [-0.15, -0.1) is 24.0 Å². The number of hydrogen-bond donors (Lipinski definition) is 2. The molecule has 1 aliphatic carbocycles. The van der Waals surface area contributed by atoms with Crippen LogP contribution in [0, 0.1) is 0 Å². The second-order valence-corrected chi connectivity index (χ2v) is 5.73. The lowest BCUT2D eigenvalue weighted by Gasteiger charge is -2.13. The molecule has 1 aromatic heterocycles. The number of nitrogens with zero attached hydrogens (tertiary/aromatic N) is 2. The van der Waals surface area contributed by atoms with E-state index >= 15 is 0 Å². The zero-order chi connectivity index (χ0) is 15.8. The summed E-state index contributed by atoms with van der Waals surface area (Å²) in [6.45, 7) is 3.07. The molecule has 0 spiro atoms. The first-order chi connectivity index (χ1) is 10.7. The van der Waals surface area contributed by atoms with Crippen molar-refractivity contribution < 1.29 is 9.47 Å². The molecule has 1 aliphatic rings. The van der Waals surface area contributed by atoms with Crippen LogP contribution in [-0.2, 0) is 11.3 Å². The van der Waals surface area contributed by atoms with Crippen LogP contribution < -0.4 is 15.8 Å². The molecule has 1 heterocycles. The maximum Gasteiger partial charge on any atom is 0.213 e. The number of guanidine groups is 1. The third-order valence-electron chi connectivity index (χ3n) is 3.63. The highest BCUT2D eigenvalue weighted by molar-refractivity contribution is 14.0. The van der Waals surface area contributed by atoms with Crippen molar-refractivity contribution in [3.8, 4) is 5.88 Å². The van der Waals surface area contributed by atoms with Crippen molar-refractivity contribution in [2.45, 2.75) is 51.3 Å². The summed E-state index contributed by atoms with van der Waals surface area (Å²) in [4.78, 5) is 8.63. The Kier molecular flexibility index (Phi) is 9.23. The van der Waals surface area contributed by atoms with E-state index in [4.69, 9.17) is 15.2 Å². The van der Waals surface area contributed by atoms with Crippen molar-refractivity contribution >= 4 is 29.9 Å². The number of nitrogens with one attached hydrogen (secondary N) is 1. The summed E-state index contributed by atoms with van der Waals surface area (Å²) in [6, 6.07) is 4.02. The number of nitrogens with two attached hydrogens (primary N) is 1. The Morgan fingerprint density at radius 2 is 2.17 bits per heavy atom. The zero-order valence-corrected chi connectivity index (χ0v) is 16.2. The maximum atomic E-state index is 5.84. The normalized spacial score (nSPS) is 16.7. The molecule has 0 saturated heterocycles. The van der Waals surface area contributed by atoms with Gasteiger partial charge in [-0.25, -0.2) is 9.98 Å². The first-order valence-corrected chi connectivity index (χ1v) is 7.84. The maximum absolute atomic E-state index is 5.84. The van der Waals surface area contributed by atoms with E-state index in [0.29, 0.717) is 31.1 Å². The van der Waals surface area contributed by atoms with Crippen LogP contribution in [-0.4, -0.2) is 36.8 Å². The highest BCUT2D eigenvalue weighted by atomic mass is 127. The van der Waals surface area contributed by atoms with Gasteiger partial charge in [0.1, 0.15) is 6.10 Å². The van der Waals surface area contributed by atoms with Gasteiger partial charge in [0.05, 0.1) is 13.2 Å². The lowest BCUT2D eigenvalue weighted by atomic mass is 10.3. The van der Waals surface area contributed by atoms with Crippen molar-refractivity contribution in [2.24, 2.45) is 10.7 Å². The molecule has 0 radical (unpaired) electrons. The predicted octanol–water partition coefficient (Wildman–Crippen LogP) is 2.46. The fourth-order valence-electron chi connectivity index (χ4n) is 2.52. The Morgan fingerprint density at radius 1 is 1.43 bits per heavy atom. The topological polar surface area (TPSA) is 81.8 Å². The summed E-state index contributed by atoms with van der Waals surface area (Å²) in [5.74, 6) is 1.11. The number of pyridine rings is 1. The Balaban J connectivity index is 0.00000264. The van der Waals surface area contributed by atoms with Crippen LogP contribution >= 0.6 is 24.0 Å². The summed E-state index contributed by atoms with van der Waals surface area (Å²) in [6.07, 6.45) is 6.90. The van der Waals surface area contributed by atoms with Crippen LogP contribution in [0.5, 0.6) is 5.88 Å². The third kappa shape index (κ3) is 7.34. The highest BCUT2D eigenvalue weighted by Crippen LogP contribution is 2.22. The second-order valence-electron chi connectivity index (χ2n) is 5.73. The third-order valence-corrected chi connectivity index (χ3v) is 3.63. The Hall–Kier alpha value is -1.09. The van der Waals surface area contributed by atoms with Crippen LogP contribution in [0.15, 0.2) is 23.3 Å². The van der Waals surface area contributed by atoms with E-state index in [-0.39, 0.29) is 30.0 Å². The van der Waals surface area contributed by atoms with Crippen LogP contribution in [0.3, 0.4) is 0 Å². The number of hydrogen-bond acceptors (Lipinski definition) is 4. The van der Waals surface area contributed by atoms with Crippen molar-refractivity contribution in [3.63, 3.8) is 0 Å². The lowest BCUT2D eigenvalue weighted by Crippen LogP contribution is -2.40. The average Bonchev–Trinajstić information content (AvgIpc) is 3.00. The van der Waals surface area contributed by atoms with Gasteiger partial charge in [-0.05, 0) is 38.2 Å². The van der Waals surface area contributed by atoms with Crippen molar-refractivity contribution in [1.29, 1.82) is 0 Å². The van der Waals surface area contributed by atoms with Gasteiger partial charge >= 0.3 is 0 Å². The lowest BCUT2D eigenvalue weighted by molar-refractivity contribution is 0.179. The quantitative estimate of drug-likeness (QED) is 0.392. The van der Waals surface area contributed by atoms with Gasteiger partial charge in [-0.2, -0.15) is 0 Å². The van der Waals surface area contributed by atoms with E-state index in [1.165, 1.54) is 12.8 Å². The Bertz CT molecular complexity index is 475. The molecule has 3 N–H and O–H groups in total. The van der Waals surface area contributed by atoms with Gasteiger partial charge in [-0.1, -0.05) is 6.07 Å². The van der Waals surface area contributed by atoms with E-state index in [9.17, 15) is 0 Å². The largest absolute Gasteiger partial charge is 0.474 e. The van der Waals surface area contributed by atoms with Crippen LogP contribution in [0.2, 0.25) is 0 Å². The molecule has 0 bridgehead atoms. The molecule has 2 rings (SSSR count). The van der Waals surface area contributed by atoms with Crippen molar-refractivity contribution in [2.75, 3.05) is 13.7 Å². The standard InChI is InChI=1S/C16H26N4O2.HI/c1-12(11-21-2)20-16(17)19-10-13-7-8-15(18-9-13)22-14-5-3-4-6-14;/h7-9,12,14H,3-6,10-11H2,1-2H3,(H3,17,19,20);1H. The van der Waals surface area contributed by atoms with E-state index in [1.54, 1.807) is 13.3 Å². The minimum Gasteiger partial charge on any atom is -0.474 e. The van der Waals surface area contributed by atoms with E-state index in [1.807, 2.05) is 19.1 Å². The molecule has 0 aromatic carbocycles. The molecule has 23 heavy (non-hydrogen) atoms. The van der Waals surface area contributed by atoms with Crippen LogP contribution in [0.4, 0.5) is 0 Å². The molecule has 130 valence electrons. The highest BCUT2D eigenvalue weighted by Gasteiger charge is 2.16. The molecule has 6 nitrogen and oxygen atoms in total. The number of rotatable bonds is 7. The molecule has 0 aliphatic heterocycles. The smallest absolute Gasteiger partial charge is 0.213 e. The minimum atomic E-state index is 0. The minimum absolute atomic E-state index is 0. The van der Waals surface area contributed by atoms with E-state index in [0.717, 1.165) is 18.4 Å². The van der Waals surface area contributed by atoms with Gasteiger partial charge in [-0.3, -0.25) is 0 Å². The number of aliphatic imine (C=N–C) groups is 1. The number of aromatic nitrogens is 1. The van der Waals surface area contributed by atoms with Crippen LogP contribution in [0.1, 0.15) is 38.2 Å². The van der Waals surface area contributed by atoms with E-state index < -0.39 is 0 Å². The summed E-state index contributed by atoms with van der Waals surface area (Å²) < 4.78 is 10.9. The molecular weight excluding hydrogens is 407 g/mol. The van der Waals surface area contributed by atoms with Crippen molar-refractivity contribution in [3.05, 3.63) is 23.9 Å². The summed E-state index contributed by atoms with van der Waals surface area (Å²) in [7, 11) is 1.66. The molecule has 1 atom stereocenters. The molecule has 7 heteroatoms. The van der Waals surface area contributed by atoms with E-state index in [2.05, 4.69) is 15.3 Å². The second kappa shape index (κ2) is 10.6. The first-order valence-electron chi connectivity index (χ1n) is 7.84. The first kappa shape index (κ1) is 20.0. The molecular formula is C16H27IN4O2. The molecule has 1 aromatic rings. The summed E-state index contributed by atoms with van der Waals surface area (Å²) in [5, 5.41) is 3.07. The SMILES string of the molecule is COCC(C)NC(N)=NCc1ccc(OC2CCCC2)nc1.I. The molecule has 0 amide bonds. The van der Waals surface area contributed by atoms with Crippen LogP contribution in [0.25, 0.3) is 0 Å². The van der Waals surface area contributed by atoms with Gasteiger partial charge in [0.2, 0.25) is 5.88 Å². The zero-order valence-electron chi connectivity index (χ0n) is 13.8. The van der Waals surface area contributed by atoms with Gasteiger partial charge in [0.25, 0.3) is 0 Å². The number of halogens is 1. The predicted molar refractivity (Wildman–Crippen MR) is 102 cm³/mol. The summed E-state index contributed by atoms with van der Waals surface area (Å²) in [5.41, 5.74) is 6.83. The van der Waals surface area contributed by atoms with Gasteiger partial charge in [0, 0.05) is 25.4 Å². The Morgan fingerprint density at radius 3 is 2.78 bits per heavy atom. The number of ether oxygens (including phenoxy) is 2. The number of methoxy groups -OCH3 is 1. The summed E-state index contributed by atoms with van der Waals surface area (Å²) >= 11 is 0. The molecule has 1 fully saturated rings. The van der Waals surface area contributed by atoms with Crippen molar-refractivity contribution in [1.82, 2.24) is 10.3 Å². The fourth-order valence-corrected chi connectivity index (χ4v) is 2.52.